The molecule has 6 heteroatoms. The van der Waals surface area contributed by atoms with Gasteiger partial charge in [0.15, 0.2) is 5.82 Å². The van der Waals surface area contributed by atoms with Crippen LogP contribution in [-0.4, -0.2) is 26.5 Å². The molecular formula is C11H13N5O. The minimum atomic E-state index is 0.138. The number of nitrogens with zero attached hydrogens (tertiary/aromatic N) is 4. The molecule has 0 bridgehead atoms. The van der Waals surface area contributed by atoms with Crippen molar-refractivity contribution in [2.75, 3.05) is 12.3 Å². The first kappa shape index (κ1) is 11.3. The summed E-state index contributed by atoms with van der Waals surface area (Å²) in [5.74, 6) is 0.604. The van der Waals surface area contributed by atoms with Crippen molar-refractivity contribution < 1.29 is 4.74 Å². The van der Waals surface area contributed by atoms with Gasteiger partial charge in [-0.15, -0.1) is 0 Å². The van der Waals surface area contributed by atoms with Crippen LogP contribution in [-0.2, 0) is 0 Å². The van der Waals surface area contributed by atoms with Crippen LogP contribution in [0.15, 0.2) is 18.3 Å². The smallest absolute Gasteiger partial charge is 0.321 e. The zero-order valence-corrected chi connectivity index (χ0v) is 9.71. The van der Waals surface area contributed by atoms with E-state index in [2.05, 4.69) is 19.9 Å². The molecule has 0 fully saturated rings. The molecule has 0 saturated heterocycles. The summed E-state index contributed by atoms with van der Waals surface area (Å²) >= 11 is 0. The molecule has 2 rings (SSSR count). The van der Waals surface area contributed by atoms with Crippen molar-refractivity contribution in [3.63, 3.8) is 0 Å². The predicted octanol–water partition coefficient (Wildman–Crippen LogP) is 1.22. The lowest BCUT2D eigenvalue weighted by molar-refractivity contribution is 0.312. The Balaban J connectivity index is 2.40. The van der Waals surface area contributed by atoms with Crippen molar-refractivity contribution in [2.45, 2.75) is 13.8 Å². The van der Waals surface area contributed by atoms with E-state index in [-0.39, 0.29) is 12.0 Å². The normalized spacial score (nSPS) is 10.2. The lowest BCUT2D eigenvalue weighted by atomic mass is 10.2. The number of aryl methyl sites for hydroxylation is 1. The summed E-state index contributed by atoms with van der Waals surface area (Å²) in [5, 5.41) is 0. The van der Waals surface area contributed by atoms with Crippen LogP contribution in [0.3, 0.4) is 0 Å². The fraction of sp³-hybridized carbons (Fsp3) is 0.273. The van der Waals surface area contributed by atoms with E-state index >= 15 is 0 Å². The van der Waals surface area contributed by atoms with Gasteiger partial charge in [0.05, 0.1) is 6.61 Å². The van der Waals surface area contributed by atoms with E-state index < -0.39 is 0 Å². The molecule has 0 aliphatic carbocycles. The zero-order valence-electron chi connectivity index (χ0n) is 9.71. The van der Waals surface area contributed by atoms with Crippen LogP contribution in [0.1, 0.15) is 12.6 Å². The Bertz CT molecular complexity index is 512. The van der Waals surface area contributed by atoms with Crippen LogP contribution in [0.4, 0.5) is 5.95 Å². The third-order valence-corrected chi connectivity index (χ3v) is 2.08. The largest absolute Gasteiger partial charge is 0.464 e. The van der Waals surface area contributed by atoms with E-state index in [0.29, 0.717) is 12.4 Å². The summed E-state index contributed by atoms with van der Waals surface area (Å²) in [5.41, 5.74) is 7.31. The Hall–Kier alpha value is -2.24. The molecule has 17 heavy (non-hydrogen) atoms. The third-order valence-electron chi connectivity index (χ3n) is 2.08. The van der Waals surface area contributed by atoms with Crippen LogP contribution >= 0.6 is 0 Å². The molecule has 0 aliphatic rings. The average Bonchev–Trinajstić information content (AvgIpc) is 2.29. The molecule has 88 valence electrons. The number of nitrogen functional groups attached to an aromatic ring is 1. The predicted molar refractivity (Wildman–Crippen MR) is 63.4 cm³/mol. The lowest BCUT2D eigenvalue weighted by Crippen LogP contribution is -2.04. The molecule has 2 aromatic rings. The highest BCUT2D eigenvalue weighted by molar-refractivity contribution is 5.54. The van der Waals surface area contributed by atoms with E-state index in [9.17, 15) is 0 Å². The molecule has 0 atom stereocenters. The second-order valence-corrected chi connectivity index (χ2v) is 3.42. The SMILES string of the molecule is CCOc1nc(N)nc(-c2ccc(C)nc2)n1. The highest BCUT2D eigenvalue weighted by Crippen LogP contribution is 2.16. The van der Waals surface area contributed by atoms with Crippen LogP contribution in [0, 0.1) is 6.92 Å². The third kappa shape index (κ3) is 2.66. The molecule has 0 spiro atoms. The maximum atomic E-state index is 5.59. The monoisotopic (exact) mass is 231 g/mol. The Labute approximate surface area is 98.9 Å². The highest BCUT2D eigenvalue weighted by Gasteiger charge is 2.07. The molecular weight excluding hydrogens is 218 g/mol. The van der Waals surface area contributed by atoms with Crippen LogP contribution in [0.5, 0.6) is 6.01 Å². The highest BCUT2D eigenvalue weighted by atomic mass is 16.5. The van der Waals surface area contributed by atoms with Gasteiger partial charge in [-0.05, 0) is 26.0 Å². The van der Waals surface area contributed by atoms with E-state index in [4.69, 9.17) is 10.5 Å². The van der Waals surface area contributed by atoms with E-state index in [1.165, 1.54) is 0 Å². The summed E-state index contributed by atoms with van der Waals surface area (Å²) in [6.07, 6.45) is 1.69. The van der Waals surface area contributed by atoms with E-state index in [0.717, 1.165) is 11.3 Å². The molecule has 0 saturated carbocycles. The fourth-order valence-electron chi connectivity index (χ4n) is 1.29. The molecule has 2 heterocycles. The van der Waals surface area contributed by atoms with Crippen molar-refractivity contribution in [3.8, 4) is 17.4 Å². The molecule has 2 aromatic heterocycles. The number of hydrogen-bond acceptors (Lipinski definition) is 6. The van der Waals surface area contributed by atoms with Gasteiger partial charge in [-0.2, -0.15) is 15.0 Å². The van der Waals surface area contributed by atoms with Crippen LogP contribution in [0.2, 0.25) is 0 Å². The summed E-state index contributed by atoms with van der Waals surface area (Å²) in [6.45, 7) is 4.25. The van der Waals surface area contributed by atoms with Gasteiger partial charge >= 0.3 is 6.01 Å². The van der Waals surface area contributed by atoms with Gasteiger partial charge < -0.3 is 10.5 Å². The number of anilines is 1. The molecule has 0 amide bonds. The van der Waals surface area contributed by atoms with Gasteiger partial charge in [-0.25, -0.2) is 0 Å². The fourth-order valence-corrected chi connectivity index (χ4v) is 1.29. The molecule has 0 aliphatic heterocycles. The topological polar surface area (TPSA) is 86.8 Å². The number of ether oxygens (including phenoxy) is 1. The quantitative estimate of drug-likeness (QED) is 0.854. The van der Waals surface area contributed by atoms with Gasteiger partial charge in [0.1, 0.15) is 0 Å². The van der Waals surface area contributed by atoms with Crippen molar-refractivity contribution >= 4 is 5.95 Å². The Morgan fingerprint density at radius 1 is 1.24 bits per heavy atom. The maximum Gasteiger partial charge on any atom is 0.321 e. The zero-order chi connectivity index (χ0) is 12.3. The Kier molecular flexibility index (Phi) is 3.13. The standard InChI is InChI=1S/C11H13N5O/c1-3-17-11-15-9(14-10(12)16-11)8-5-4-7(2)13-6-8/h4-6H,3H2,1-2H3,(H2,12,14,15,16). The molecule has 2 N–H and O–H groups in total. The first-order chi connectivity index (χ1) is 8.19. The van der Waals surface area contributed by atoms with E-state index in [1.807, 2.05) is 26.0 Å². The van der Waals surface area contributed by atoms with Crippen molar-refractivity contribution in [1.29, 1.82) is 0 Å². The van der Waals surface area contributed by atoms with Crippen molar-refractivity contribution in [1.82, 2.24) is 19.9 Å². The van der Waals surface area contributed by atoms with E-state index in [1.54, 1.807) is 6.20 Å². The first-order valence-electron chi connectivity index (χ1n) is 5.26. The summed E-state index contributed by atoms with van der Waals surface area (Å²) in [7, 11) is 0. The van der Waals surface area contributed by atoms with Crippen molar-refractivity contribution in [2.24, 2.45) is 0 Å². The molecule has 0 unspecified atom stereocenters. The van der Waals surface area contributed by atoms with Crippen LogP contribution in [0.25, 0.3) is 11.4 Å². The Morgan fingerprint density at radius 3 is 2.71 bits per heavy atom. The van der Waals surface area contributed by atoms with Gasteiger partial charge in [0.2, 0.25) is 5.95 Å². The second-order valence-electron chi connectivity index (χ2n) is 3.42. The Morgan fingerprint density at radius 2 is 2.06 bits per heavy atom. The minimum absolute atomic E-state index is 0.138. The van der Waals surface area contributed by atoms with Gasteiger partial charge in [0.25, 0.3) is 0 Å². The second kappa shape index (κ2) is 4.73. The van der Waals surface area contributed by atoms with Crippen molar-refractivity contribution in [3.05, 3.63) is 24.0 Å². The summed E-state index contributed by atoms with van der Waals surface area (Å²) in [4.78, 5) is 16.3. The number of hydrogen-bond donors (Lipinski definition) is 1. The molecule has 0 aromatic carbocycles. The van der Waals surface area contributed by atoms with Gasteiger partial charge in [0, 0.05) is 17.5 Å². The number of rotatable bonds is 3. The maximum absolute atomic E-state index is 5.59. The van der Waals surface area contributed by atoms with Crippen LogP contribution < -0.4 is 10.5 Å². The summed E-state index contributed by atoms with van der Waals surface area (Å²) in [6, 6.07) is 4.00. The van der Waals surface area contributed by atoms with Gasteiger partial charge in [-0.3, -0.25) is 4.98 Å². The number of nitrogens with two attached hydrogens (primary N) is 1. The number of aromatic nitrogens is 4. The average molecular weight is 231 g/mol. The minimum Gasteiger partial charge on any atom is -0.464 e. The first-order valence-corrected chi connectivity index (χ1v) is 5.26. The summed E-state index contributed by atoms with van der Waals surface area (Å²) < 4.78 is 5.21. The number of pyridine rings is 1. The van der Waals surface area contributed by atoms with Gasteiger partial charge in [-0.1, -0.05) is 0 Å². The lowest BCUT2D eigenvalue weighted by Gasteiger charge is -2.04. The molecule has 6 nitrogen and oxygen atoms in total. The molecule has 0 radical (unpaired) electrons.